The van der Waals surface area contributed by atoms with Gasteiger partial charge >= 0.3 is 0 Å². The highest BCUT2D eigenvalue weighted by atomic mass is 127. The van der Waals surface area contributed by atoms with Crippen LogP contribution in [-0.4, -0.2) is 35.1 Å². The molecule has 0 aromatic heterocycles. The van der Waals surface area contributed by atoms with Crippen LogP contribution in [0, 0.1) is 9.49 Å². The van der Waals surface area contributed by atoms with Crippen molar-refractivity contribution in [1.29, 1.82) is 0 Å². The SMILES string of the molecule is CC1CCN(C(=O)c2cc(Cl)ccc2I)CC1O. The van der Waals surface area contributed by atoms with Crippen LogP contribution in [0.2, 0.25) is 5.02 Å². The Kier molecular flexibility index (Phi) is 4.50. The summed E-state index contributed by atoms with van der Waals surface area (Å²) < 4.78 is 0.884. The minimum absolute atomic E-state index is 0.0483. The van der Waals surface area contributed by atoms with Crippen LogP contribution in [0.1, 0.15) is 23.7 Å². The number of nitrogens with zero attached hydrogens (tertiary/aromatic N) is 1. The fraction of sp³-hybridized carbons (Fsp3) is 0.462. The van der Waals surface area contributed by atoms with Gasteiger partial charge in [0.25, 0.3) is 5.91 Å². The number of piperidine rings is 1. The number of carbonyl (C=O) groups is 1. The summed E-state index contributed by atoms with van der Waals surface area (Å²) in [4.78, 5) is 14.1. The lowest BCUT2D eigenvalue weighted by molar-refractivity contribution is 0.0248. The van der Waals surface area contributed by atoms with Gasteiger partial charge in [0.2, 0.25) is 0 Å². The van der Waals surface area contributed by atoms with Crippen LogP contribution in [-0.2, 0) is 0 Å². The molecule has 2 atom stereocenters. The molecule has 1 aliphatic rings. The molecule has 18 heavy (non-hydrogen) atoms. The Labute approximate surface area is 125 Å². The first kappa shape index (κ1) is 14.1. The van der Waals surface area contributed by atoms with Crippen molar-refractivity contribution in [3.05, 3.63) is 32.4 Å². The fourth-order valence-electron chi connectivity index (χ4n) is 2.07. The van der Waals surface area contributed by atoms with Gasteiger partial charge in [-0.1, -0.05) is 18.5 Å². The van der Waals surface area contributed by atoms with Crippen LogP contribution in [0.4, 0.5) is 0 Å². The van der Waals surface area contributed by atoms with Gasteiger partial charge in [-0.05, 0) is 53.1 Å². The molecule has 1 amide bonds. The lowest BCUT2D eigenvalue weighted by atomic mass is 9.95. The third kappa shape index (κ3) is 2.97. The van der Waals surface area contributed by atoms with E-state index in [9.17, 15) is 9.90 Å². The molecule has 98 valence electrons. The van der Waals surface area contributed by atoms with Crippen molar-refractivity contribution in [1.82, 2.24) is 4.90 Å². The van der Waals surface area contributed by atoms with Crippen molar-refractivity contribution in [3.63, 3.8) is 0 Å². The number of amides is 1. The lowest BCUT2D eigenvalue weighted by Gasteiger charge is -2.34. The zero-order chi connectivity index (χ0) is 13.3. The third-order valence-corrected chi connectivity index (χ3v) is 4.54. The summed E-state index contributed by atoms with van der Waals surface area (Å²) in [5, 5.41) is 10.4. The van der Waals surface area contributed by atoms with Gasteiger partial charge in [-0.25, -0.2) is 0 Å². The highest BCUT2D eigenvalue weighted by Gasteiger charge is 2.28. The van der Waals surface area contributed by atoms with E-state index in [2.05, 4.69) is 22.6 Å². The van der Waals surface area contributed by atoms with Crippen molar-refractivity contribution in [2.45, 2.75) is 19.4 Å². The highest BCUT2D eigenvalue weighted by Crippen LogP contribution is 2.23. The summed E-state index contributed by atoms with van der Waals surface area (Å²) in [7, 11) is 0. The summed E-state index contributed by atoms with van der Waals surface area (Å²) in [6, 6.07) is 5.29. The van der Waals surface area contributed by atoms with Crippen molar-refractivity contribution in [2.75, 3.05) is 13.1 Å². The number of benzene rings is 1. The van der Waals surface area contributed by atoms with Crippen LogP contribution >= 0.6 is 34.2 Å². The number of rotatable bonds is 1. The number of β-amino-alcohol motifs (C(OH)–C–C–N with tert-alkyl or cyclic N) is 1. The van der Waals surface area contributed by atoms with Crippen molar-refractivity contribution in [3.8, 4) is 0 Å². The topological polar surface area (TPSA) is 40.5 Å². The van der Waals surface area contributed by atoms with Gasteiger partial charge in [-0.3, -0.25) is 4.79 Å². The standard InChI is InChI=1S/C13H15ClINO2/c1-8-4-5-16(7-12(8)17)13(18)10-6-9(14)2-3-11(10)15/h2-3,6,8,12,17H,4-5,7H2,1H3. The van der Waals surface area contributed by atoms with Crippen molar-refractivity contribution < 1.29 is 9.90 Å². The highest BCUT2D eigenvalue weighted by molar-refractivity contribution is 14.1. The van der Waals surface area contributed by atoms with E-state index in [0.29, 0.717) is 23.7 Å². The van der Waals surface area contributed by atoms with Gasteiger partial charge in [-0.2, -0.15) is 0 Å². The predicted octanol–water partition coefficient (Wildman–Crippen LogP) is 2.79. The van der Waals surface area contributed by atoms with Gasteiger partial charge in [-0.15, -0.1) is 0 Å². The van der Waals surface area contributed by atoms with E-state index in [1.54, 1.807) is 17.0 Å². The van der Waals surface area contributed by atoms with Crippen LogP contribution in [0.15, 0.2) is 18.2 Å². The van der Waals surface area contributed by atoms with Crippen molar-refractivity contribution >= 4 is 40.1 Å². The van der Waals surface area contributed by atoms with E-state index in [1.807, 2.05) is 13.0 Å². The molecule has 5 heteroatoms. The van der Waals surface area contributed by atoms with Gasteiger partial charge in [0, 0.05) is 21.7 Å². The molecule has 0 radical (unpaired) electrons. The summed E-state index contributed by atoms with van der Waals surface area (Å²) >= 11 is 8.06. The van der Waals surface area contributed by atoms with E-state index in [1.165, 1.54) is 0 Å². The third-order valence-electron chi connectivity index (χ3n) is 3.36. The Balaban J connectivity index is 2.19. The molecule has 0 aliphatic carbocycles. The maximum Gasteiger partial charge on any atom is 0.255 e. The molecule has 1 fully saturated rings. The molecule has 1 aromatic rings. The minimum Gasteiger partial charge on any atom is -0.391 e. The van der Waals surface area contributed by atoms with Gasteiger partial charge in [0.15, 0.2) is 0 Å². The summed E-state index contributed by atoms with van der Waals surface area (Å²) in [5.74, 6) is 0.209. The van der Waals surface area contributed by atoms with Crippen LogP contribution in [0.25, 0.3) is 0 Å². The maximum absolute atomic E-state index is 12.4. The summed E-state index contributed by atoms with van der Waals surface area (Å²) in [6.07, 6.45) is 0.406. The second-order valence-corrected chi connectivity index (χ2v) is 6.31. The molecule has 0 spiro atoms. The molecule has 1 aromatic carbocycles. The monoisotopic (exact) mass is 379 g/mol. The molecule has 0 saturated carbocycles. The Morgan fingerprint density at radius 3 is 2.94 bits per heavy atom. The molecule has 1 aliphatic heterocycles. The molecule has 0 bridgehead atoms. The first-order chi connectivity index (χ1) is 8.49. The number of hydrogen-bond acceptors (Lipinski definition) is 2. The number of aliphatic hydroxyl groups is 1. The largest absolute Gasteiger partial charge is 0.391 e. The normalized spacial score (nSPS) is 24.1. The van der Waals surface area contributed by atoms with Crippen molar-refractivity contribution in [2.24, 2.45) is 5.92 Å². The quantitative estimate of drug-likeness (QED) is 0.762. The second-order valence-electron chi connectivity index (χ2n) is 4.71. The molecule has 1 saturated heterocycles. The van der Waals surface area contributed by atoms with Gasteiger partial charge in [0.05, 0.1) is 11.7 Å². The fourth-order valence-corrected chi connectivity index (χ4v) is 2.80. The number of carbonyl (C=O) groups excluding carboxylic acids is 1. The zero-order valence-electron chi connectivity index (χ0n) is 10.1. The molecule has 3 nitrogen and oxygen atoms in total. The van der Waals surface area contributed by atoms with E-state index in [-0.39, 0.29) is 11.8 Å². The number of aliphatic hydroxyl groups excluding tert-OH is 1. The van der Waals surface area contributed by atoms with E-state index >= 15 is 0 Å². The minimum atomic E-state index is -0.431. The lowest BCUT2D eigenvalue weighted by Crippen LogP contribution is -2.46. The molecular weight excluding hydrogens is 365 g/mol. The zero-order valence-corrected chi connectivity index (χ0v) is 13.0. The predicted molar refractivity (Wildman–Crippen MR) is 79.9 cm³/mol. The smallest absolute Gasteiger partial charge is 0.255 e. The Morgan fingerprint density at radius 1 is 1.56 bits per heavy atom. The molecule has 2 rings (SSSR count). The molecule has 1 heterocycles. The Bertz CT molecular complexity index is 466. The summed E-state index contributed by atoms with van der Waals surface area (Å²) in [6.45, 7) is 3.11. The molecular formula is C13H15ClINO2. The van der Waals surface area contributed by atoms with E-state index < -0.39 is 6.10 Å². The molecule has 1 N–H and O–H groups in total. The first-order valence-corrected chi connectivity index (χ1v) is 7.37. The average molecular weight is 380 g/mol. The first-order valence-electron chi connectivity index (χ1n) is 5.91. The average Bonchev–Trinajstić information content (AvgIpc) is 2.35. The van der Waals surface area contributed by atoms with Gasteiger partial charge < -0.3 is 10.0 Å². The summed E-state index contributed by atoms with van der Waals surface area (Å²) in [5.41, 5.74) is 0.616. The number of halogens is 2. The maximum atomic E-state index is 12.4. The van der Waals surface area contributed by atoms with Crippen LogP contribution < -0.4 is 0 Å². The molecule has 2 unspecified atom stereocenters. The Morgan fingerprint density at radius 2 is 2.28 bits per heavy atom. The van der Waals surface area contributed by atoms with E-state index in [4.69, 9.17) is 11.6 Å². The Hall–Kier alpha value is -0.330. The second kappa shape index (κ2) is 5.75. The van der Waals surface area contributed by atoms with Gasteiger partial charge in [0.1, 0.15) is 0 Å². The van der Waals surface area contributed by atoms with Crippen LogP contribution in [0.3, 0.4) is 0 Å². The number of hydrogen-bond donors (Lipinski definition) is 1. The van der Waals surface area contributed by atoms with Crippen LogP contribution in [0.5, 0.6) is 0 Å². The van der Waals surface area contributed by atoms with E-state index in [0.717, 1.165) is 9.99 Å². The number of likely N-dealkylation sites (tertiary alicyclic amines) is 1.